The van der Waals surface area contributed by atoms with Crippen LogP contribution in [0.1, 0.15) is 25.5 Å². The highest BCUT2D eigenvalue weighted by Gasteiger charge is 2.18. The van der Waals surface area contributed by atoms with Gasteiger partial charge in [0.05, 0.1) is 17.6 Å². The molecule has 0 atom stereocenters. The number of nitrogens with zero attached hydrogens (tertiary/aromatic N) is 2. The van der Waals surface area contributed by atoms with Gasteiger partial charge in [0.1, 0.15) is 5.82 Å². The maximum atomic E-state index is 14.2. The first-order valence-electron chi connectivity index (χ1n) is 6.27. The van der Waals surface area contributed by atoms with Gasteiger partial charge in [0.25, 0.3) is 0 Å². The normalized spacial score (nSPS) is 11.1. The average molecular weight is 329 g/mol. The van der Waals surface area contributed by atoms with Crippen LogP contribution < -0.4 is 0 Å². The Kier molecular flexibility index (Phi) is 4.90. The molecule has 112 valence electrons. The zero-order valence-electron chi connectivity index (χ0n) is 11.5. The first-order valence-corrected chi connectivity index (χ1v) is 7.64. The van der Waals surface area contributed by atoms with E-state index in [9.17, 15) is 9.18 Å². The quantitative estimate of drug-likeness (QED) is 0.844. The van der Waals surface area contributed by atoms with Crippen molar-refractivity contribution in [3.63, 3.8) is 0 Å². The lowest BCUT2D eigenvalue weighted by atomic mass is 10.1. The van der Waals surface area contributed by atoms with Crippen molar-refractivity contribution in [1.82, 2.24) is 9.55 Å². The standard InChI is InChI=1S/C14H14ClFN2O2S/c1-8(2)12-6-17-14(21-7-13(19)20)18(12)11-4-3-9(15)5-10(11)16/h3-6,8H,7H2,1-2H3,(H,19,20). The minimum atomic E-state index is -0.947. The zero-order valence-corrected chi connectivity index (χ0v) is 13.1. The number of rotatable bonds is 5. The van der Waals surface area contributed by atoms with Gasteiger partial charge in [0.2, 0.25) is 0 Å². The molecule has 2 rings (SSSR count). The molecule has 0 aliphatic rings. The number of aromatic nitrogens is 2. The van der Waals surface area contributed by atoms with Gasteiger partial charge in [0.15, 0.2) is 5.16 Å². The van der Waals surface area contributed by atoms with E-state index in [0.29, 0.717) is 15.9 Å². The molecule has 0 aliphatic carbocycles. The summed E-state index contributed by atoms with van der Waals surface area (Å²) in [5.41, 5.74) is 1.12. The third kappa shape index (κ3) is 3.57. The molecule has 21 heavy (non-hydrogen) atoms. The Balaban J connectivity index is 2.52. The maximum absolute atomic E-state index is 14.2. The molecule has 0 saturated carbocycles. The number of carboxylic acids is 1. The fourth-order valence-corrected chi connectivity index (χ4v) is 2.76. The lowest BCUT2D eigenvalue weighted by Crippen LogP contribution is -2.07. The highest BCUT2D eigenvalue weighted by Crippen LogP contribution is 2.29. The lowest BCUT2D eigenvalue weighted by Gasteiger charge is -2.14. The van der Waals surface area contributed by atoms with Gasteiger partial charge in [0, 0.05) is 10.7 Å². The Morgan fingerprint density at radius 1 is 1.52 bits per heavy atom. The van der Waals surface area contributed by atoms with Crippen LogP contribution in [0, 0.1) is 5.82 Å². The number of imidazole rings is 1. The number of halogens is 2. The maximum Gasteiger partial charge on any atom is 0.313 e. The van der Waals surface area contributed by atoms with Gasteiger partial charge in [-0.05, 0) is 24.1 Å². The molecule has 0 radical (unpaired) electrons. The summed E-state index contributed by atoms with van der Waals surface area (Å²) in [6, 6.07) is 4.39. The summed E-state index contributed by atoms with van der Waals surface area (Å²) in [4.78, 5) is 14.9. The first kappa shape index (κ1) is 15.9. The smallest absolute Gasteiger partial charge is 0.313 e. The molecule has 7 heteroatoms. The predicted molar refractivity (Wildman–Crippen MR) is 81.0 cm³/mol. The van der Waals surface area contributed by atoms with E-state index in [4.69, 9.17) is 16.7 Å². The van der Waals surface area contributed by atoms with E-state index in [1.807, 2.05) is 13.8 Å². The predicted octanol–water partition coefficient (Wildman–Crippen LogP) is 3.96. The summed E-state index contributed by atoms with van der Waals surface area (Å²) in [7, 11) is 0. The highest BCUT2D eigenvalue weighted by molar-refractivity contribution is 7.99. The van der Waals surface area contributed by atoms with Gasteiger partial charge in [-0.2, -0.15) is 0 Å². The summed E-state index contributed by atoms with van der Waals surface area (Å²) in [5.74, 6) is -1.44. The molecule has 0 bridgehead atoms. The largest absolute Gasteiger partial charge is 0.481 e. The Hall–Kier alpha value is -1.53. The molecule has 0 aliphatic heterocycles. The Labute approximate surface area is 130 Å². The van der Waals surface area contributed by atoms with E-state index in [1.165, 1.54) is 6.07 Å². The molecule has 2 aromatic rings. The molecule has 0 fully saturated rings. The highest BCUT2D eigenvalue weighted by atomic mass is 35.5. The monoisotopic (exact) mass is 328 g/mol. The van der Waals surface area contributed by atoms with Crippen molar-refractivity contribution in [2.45, 2.75) is 24.9 Å². The number of hydrogen-bond donors (Lipinski definition) is 1. The first-order chi connectivity index (χ1) is 9.90. The molecule has 1 aromatic heterocycles. The van der Waals surface area contributed by atoms with Gasteiger partial charge >= 0.3 is 5.97 Å². The van der Waals surface area contributed by atoms with Crippen LogP contribution in [0.2, 0.25) is 5.02 Å². The van der Waals surface area contributed by atoms with Crippen molar-refractivity contribution < 1.29 is 14.3 Å². The van der Waals surface area contributed by atoms with Gasteiger partial charge in [-0.1, -0.05) is 37.2 Å². The van der Waals surface area contributed by atoms with E-state index in [-0.39, 0.29) is 11.7 Å². The Morgan fingerprint density at radius 2 is 2.24 bits per heavy atom. The van der Waals surface area contributed by atoms with E-state index >= 15 is 0 Å². The van der Waals surface area contributed by atoms with Gasteiger partial charge < -0.3 is 5.11 Å². The van der Waals surface area contributed by atoms with E-state index in [2.05, 4.69) is 4.98 Å². The van der Waals surface area contributed by atoms with Crippen molar-refractivity contribution in [1.29, 1.82) is 0 Å². The molecule has 1 heterocycles. The number of thioether (sulfide) groups is 1. The van der Waals surface area contributed by atoms with Crippen LogP contribution in [0.3, 0.4) is 0 Å². The van der Waals surface area contributed by atoms with Crippen LogP contribution in [-0.2, 0) is 4.79 Å². The van der Waals surface area contributed by atoms with Crippen molar-refractivity contribution in [3.05, 3.63) is 40.9 Å². The van der Waals surface area contributed by atoms with E-state index in [0.717, 1.165) is 17.5 Å². The summed E-state index contributed by atoms with van der Waals surface area (Å²) >= 11 is 6.83. The minimum absolute atomic E-state index is 0.117. The van der Waals surface area contributed by atoms with Crippen molar-refractivity contribution in [2.24, 2.45) is 0 Å². The number of carboxylic acid groups (broad SMARTS) is 1. The topological polar surface area (TPSA) is 55.1 Å². The number of aliphatic carboxylic acids is 1. The summed E-state index contributed by atoms with van der Waals surface area (Å²) < 4.78 is 15.8. The van der Waals surface area contributed by atoms with Crippen molar-refractivity contribution >= 4 is 29.3 Å². The van der Waals surface area contributed by atoms with Crippen LogP contribution in [0.4, 0.5) is 4.39 Å². The number of carbonyl (C=O) groups is 1. The second-order valence-corrected chi connectivity index (χ2v) is 6.11. The SMILES string of the molecule is CC(C)c1cnc(SCC(=O)O)n1-c1ccc(Cl)cc1F. The molecule has 1 N–H and O–H groups in total. The van der Waals surface area contributed by atoms with Crippen LogP contribution in [0.5, 0.6) is 0 Å². The van der Waals surface area contributed by atoms with E-state index in [1.54, 1.807) is 22.9 Å². The van der Waals surface area contributed by atoms with Crippen LogP contribution in [0.25, 0.3) is 5.69 Å². The summed E-state index contributed by atoms with van der Waals surface area (Å²) in [6.07, 6.45) is 1.64. The van der Waals surface area contributed by atoms with Gasteiger partial charge in [-0.3, -0.25) is 9.36 Å². The lowest BCUT2D eigenvalue weighted by molar-refractivity contribution is -0.133. The van der Waals surface area contributed by atoms with Gasteiger partial charge in [-0.25, -0.2) is 9.37 Å². The van der Waals surface area contributed by atoms with Crippen molar-refractivity contribution in [3.8, 4) is 5.69 Å². The average Bonchev–Trinajstić information content (AvgIpc) is 2.80. The number of hydrogen-bond acceptors (Lipinski definition) is 3. The third-order valence-electron chi connectivity index (χ3n) is 2.82. The van der Waals surface area contributed by atoms with Crippen molar-refractivity contribution in [2.75, 3.05) is 5.75 Å². The molecule has 0 amide bonds. The minimum Gasteiger partial charge on any atom is -0.481 e. The van der Waals surface area contributed by atoms with Crippen LogP contribution >= 0.6 is 23.4 Å². The third-order valence-corrected chi connectivity index (χ3v) is 4.00. The Bertz CT molecular complexity index is 673. The van der Waals surface area contributed by atoms with Crippen LogP contribution in [-0.4, -0.2) is 26.4 Å². The Morgan fingerprint density at radius 3 is 2.81 bits per heavy atom. The van der Waals surface area contributed by atoms with Gasteiger partial charge in [-0.15, -0.1) is 0 Å². The fraction of sp³-hybridized carbons (Fsp3) is 0.286. The molecule has 4 nitrogen and oxygen atoms in total. The molecule has 0 saturated heterocycles. The molecule has 0 unspecified atom stereocenters. The molecule has 0 spiro atoms. The number of benzene rings is 1. The zero-order chi connectivity index (χ0) is 15.6. The molecular weight excluding hydrogens is 315 g/mol. The second kappa shape index (κ2) is 6.49. The summed E-state index contributed by atoms with van der Waals surface area (Å²) in [5, 5.41) is 9.55. The second-order valence-electron chi connectivity index (χ2n) is 4.73. The summed E-state index contributed by atoms with van der Waals surface area (Å²) in [6.45, 7) is 3.93. The molecular formula is C14H14ClFN2O2S. The van der Waals surface area contributed by atoms with E-state index < -0.39 is 11.8 Å². The molecule has 1 aromatic carbocycles. The fourth-order valence-electron chi connectivity index (χ4n) is 1.89. The van der Waals surface area contributed by atoms with Crippen LogP contribution in [0.15, 0.2) is 29.6 Å².